The zero-order valence-electron chi connectivity index (χ0n) is 17.3. The SMILES string of the molecule is O=C(Nc1ccc(F)c(Cl)c1)[C@H]1CCCN(c2ncnc3onc(-c4ccc(F)cc4)c23)C1. The molecule has 1 aliphatic heterocycles. The zero-order chi connectivity index (χ0) is 22.9. The molecule has 0 saturated carbocycles. The van der Waals surface area contributed by atoms with Gasteiger partial charge in [0.1, 0.15) is 34.9 Å². The average Bonchev–Trinajstić information content (AvgIpc) is 3.26. The number of rotatable bonds is 4. The van der Waals surface area contributed by atoms with Gasteiger partial charge in [-0.2, -0.15) is 4.98 Å². The highest BCUT2D eigenvalue weighted by molar-refractivity contribution is 6.31. The van der Waals surface area contributed by atoms with Gasteiger partial charge in [0.2, 0.25) is 5.91 Å². The molecular formula is C23H18ClF2N5O2. The Morgan fingerprint density at radius 3 is 2.76 bits per heavy atom. The van der Waals surface area contributed by atoms with E-state index in [1.165, 1.54) is 36.7 Å². The number of amides is 1. The maximum absolute atomic E-state index is 13.4. The van der Waals surface area contributed by atoms with Crippen LogP contribution in [0.15, 0.2) is 53.3 Å². The molecule has 1 amide bonds. The van der Waals surface area contributed by atoms with E-state index in [-0.39, 0.29) is 22.7 Å². The number of hydrogen-bond donors (Lipinski definition) is 1. The quantitative estimate of drug-likeness (QED) is 0.449. The van der Waals surface area contributed by atoms with Crippen molar-refractivity contribution < 1.29 is 18.1 Å². The van der Waals surface area contributed by atoms with Gasteiger partial charge < -0.3 is 14.7 Å². The molecule has 0 radical (unpaired) electrons. The number of benzene rings is 2. The first-order valence-corrected chi connectivity index (χ1v) is 10.7. The van der Waals surface area contributed by atoms with Crippen molar-refractivity contribution >= 4 is 40.1 Å². The van der Waals surface area contributed by atoms with Crippen LogP contribution in [-0.4, -0.2) is 34.1 Å². The number of anilines is 2. The van der Waals surface area contributed by atoms with Crippen LogP contribution in [0, 0.1) is 17.6 Å². The molecule has 1 saturated heterocycles. The topological polar surface area (TPSA) is 84.2 Å². The summed E-state index contributed by atoms with van der Waals surface area (Å²) in [5.41, 5.74) is 1.93. The van der Waals surface area contributed by atoms with Gasteiger partial charge in [-0.3, -0.25) is 4.79 Å². The number of aromatic nitrogens is 3. The second-order valence-corrected chi connectivity index (χ2v) is 8.23. The Hall–Kier alpha value is -3.59. The van der Waals surface area contributed by atoms with Crippen molar-refractivity contribution in [2.24, 2.45) is 5.92 Å². The minimum Gasteiger partial charge on any atom is -0.355 e. The van der Waals surface area contributed by atoms with Gasteiger partial charge in [0.25, 0.3) is 5.71 Å². The van der Waals surface area contributed by atoms with Gasteiger partial charge in [-0.25, -0.2) is 13.8 Å². The number of nitrogens with zero attached hydrogens (tertiary/aromatic N) is 4. The molecule has 1 atom stereocenters. The summed E-state index contributed by atoms with van der Waals surface area (Å²) in [7, 11) is 0. The van der Waals surface area contributed by atoms with Crippen molar-refractivity contribution in [3.8, 4) is 11.3 Å². The molecule has 5 rings (SSSR count). The number of halogens is 3. The average molecular weight is 470 g/mol. The van der Waals surface area contributed by atoms with Crippen molar-refractivity contribution in [2.45, 2.75) is 12.8 Å². The third-order valence-electron chi connectivity index (χ3n) is 5.65. The zero-order valence-corrected chi connectivity index (χ0v) is 18.0. The van der Waals surface area contributed by atoms with Gasteiger partial charge in [0.15, 0.2) is 0 Å². The predicted molar refractivity (Wildman–Crippen MR) is 120 cm³/mol. The van der Waals surface area contributed by atoms with Gasteiger partial charge in [-0.1, -0.05) is 16.8 Å². The third-order valence-corrected chi connectivity index (χ3v) is 5.94. The van der Waals surface area contributed by atoms with Crippen LogP contribution in [0.25, 0.3) is 22.4 Å². The lowest BCUT2D eigenvalue weighted by molar-refractivity contribution is -0.120. The molecule has 2 aromatic heterocycles. The molecule has 4 aromatic rings. The van der Waals surface area contributed by atoms with Gasteiger partial charge in [-0.05, 0) is 55.3 Å². The molecule has 7 nitrogen and oxygen atoms in total. The lowest BCUT2D eigenvalue weighted by Crippen LogP contribution is -2.41. The summed E-state index contributed by atoms with van der Waals surface area (Å²) in [4.78, 5) is 23.5. The Labute approximate surface area is 192 Å². The molecule has 33 heavy (non-hydrogen) atoms. The fourth-order valence-corrected chi connectivity index (χ4v) is 4.20. The van der Waals surface area contributed by atoms with Crippen molar-refractivity contribution in [1.29, 1.82) is 0 Å². The largest absolute Gasteiger partial charge is 0.355 e. The van der Waals surface area contributed by atoms with Crippen molar-refractivity contribution in [3.63, 3.8) is 0 Å². The predicted octanol–water partition coefficient (Wildman–Crippen LogP) is 5.07. The van der Waals surface area contributed by atoms with E-state index in [2.05, 4.69) is 20.4 Å². The van der Waals surface area contributed by atoms with Crippen LogP contribution in [0.1, 0.15) is 12.8 Å². The summed E-state index contributed by atoms with van der Waals surface area (Å²) < 4.78 is 32.2. The minimum atomic E-state index is -0.544. The Bertz CT molecular complexity index is 1330. The van der Waals surface area contributed by atoms with Gasteiger partial charge in [0.05, 0.1) is 10.9 Å². The number of fused-ring (bicyclic) bond motifs is 1. The first-order chi connectivity index (χ1) is 16.0. The van der Waals surface area contributed by atoms with Gasteiger partial charge in [-0.15, -0.1) is 0 Å². The number of carbonyl (C=O) groups excluding carboxylic acids is 1. The monoisotopic (exact) mass is 469 g/mol. The summed E-state index contributed by atoms with van der Waals surface area (Å²) in [6.07, 6.45) is 2.85. The fraction of sp³-hybridized carbons (Fsp3) is 0.217. The lowest BCUT2D eigenvalue weighted by Gasteiger charge is -2.33. The van der Waals surface area contributed by atoms with Crippen molar-refractivity contribution in [1.82, 2.24) is 15.1 Å². The summed E-state index contributed by atoms with van der Waals surface area (Å²) in [6.45, 7) is 1.10. The Morgan fingerprint density at radius 1 is 1.15 bits per heavy atom. The molecule has 0 bridgehead atoms. The first-order valence-electron chi connectivity index (χ1n) is 10.4. The van der Waals surface area contributed by atoms with E-state index in [1.54, 1.807) is 12.1 Å². The van der Waals surface area contributed by atoms with E-state index in [1.807, 2.05) is 4.90 Å². The molecule has 0 unspecified atom stereocenters. The Balaban J connectivity index is 1.41. The van der Waals surface area contributed by atoms with Crippen LogP contribution >= 0.6 is 11.6 Å². The van der Waals surface area contributed by atoms with E-state index in [0.29, 0.717) is 53.4 Å². The molecule has 0 aliphatic carbocycles. The Morgan fingerprint density at radius 2 is 1.97 bits per heavy atom. The lowest BCUT2D eigenvalue weighted by atomic mass is 9.96. The summed E-state index contributed by atoms with van der Waals surface area (Å²) in [5, 5.41) is 7.49. The van der Waals surface area contributed by atoms with Crippen molar-refractivity contribution in [2.75, 3.05) is 23.3 Å². The van der Waals surface area contributed by atoms with E-state index >= 15 is 0 Å². The van der Waals surface area contributed by atoms with Crippen LogP contribution in [0.4, 0.5) is 20.3 Å². The fourth-order valence-electron chi connectivity index (χ4n) is 4.02. The number of carbonyl (C=O) groups is 1. The molecule has 1 aliphatic rings. The number of nitrogens with one attached hydrogen (secondary N) is 1. The molecule has 0 spiro atoms. The standard InChI is InChI=1S/C23H18ClF2N5O2/c24-17-10-16(7-8-18(17)26)29-22(32)14-2-1-9-31(11-14)21-19-20(13-3-5-15(25)6-4-13)30-33-23(19)28-12-27-21/h3-8,10,12,14H,1-2,9,11H2,(H,29,32)/t14-/m0/s1. The molecule has 3 heterocycles. The van der Waals surface area contributed by atoms with Crippen LogP contribution in [-0.2, 0) is 4.79 Å². The van der Waals surface area contributed by atoms with Crippen molar-refractivity contribution in [3.05, 3.63) is 65.4 Å². The smallest absolute Gasteiger partial charge is 0.263 e. The van der Waals surface area contributed by atoms with Crippen LogP contribution < -0.4 is 10.2 Å². The molecule has 2 aromatic carbocycles. The van der Waals surface area contributed by atoms with Crippen LogP contribution in [0.2, 0.25) is 5.02 Å². The molecular weight excluding hydrogens is 452 g/mol. The van der Waals surface area contributed by atoms with Crippen LogP contribution in [0.5, 0.6) is 0 Å². The number of hydrogen-bond acceptors (Lipinski definition) is 6. The van der Waals surface area contributed by atoms with Gasteiger partial charge in [0, 0.05) is 24.3 Å². The second kappa shape index (κ2) is 8.74. The highest BCUT2D eigenvalue weighted by atomic mass is 35.5. The van der Waals surface area contributed by atoms with Gasteiger partial charge >= 0.3 is 0 Å². The maximum atomic E-state index is 13.4. The summed E-state index contributed by atoms with van der Waals surface area (Å²) in [5.74, 6) is -0.798. The first kappa shape index (κ1) is 21.3. The third kappa shape index (κ3) is 4.23. The van der Waals surface area contributed by atoms with E-state index in [9.17, 15) is 13.6 Å². The molecule has 10 heteroatoms. The molecule has 1 N–H and O–H groups in total. The normalized spacial score (nSPS) is 16.2. The highest BCUT2D eigenvalue weighted by Gasteiger charge is 2.29. The number of piperidine rings is 1. The van der Waals surface area contributed by atoms with E-state index < -0.39 is 5.82 Å². The summed E-state index contributed by atoms with van der Waals surface area (Å²) >= 11 is 5.82. The molecule has 168 valence electrons. The van der Waals surface area contributed by atoms with E-state index in [0.717, 1.165) is 6.42 Å². The minimum absolute atomic E-state index is 0.0535. The van der Waals surface area contributed by atoms with Crippen LogP contribution in [0.3, 0.4) is 0 Å². The summed E-state index contributed by atoms with van der Waals surface area (Å²) in [6, 6.07) is 10.00. The second-order valence-electron chi connectivity index (χ2n) is 7.82. The Kier molecular flexibility index (Phi) is 5.63. The maximum Gasteiger partial charge on any atom is 0.263 e. The molecule has 1 fully saturated rings. The van der Waals surface area contributed by atoms with E-state index in [4.69, 9.17) is 16.1 Å². The highest BCUT2D eigenvalue weighted by Crippen LogP contribution is 2.35.